The predicted molar refractivity (Wildman–Crippen MR) is 104 cm³/mol. The molecule has 2 N–H and O–H groups in total. The van der Waals surface area contributed by atoms with Gasteiger partial charge in [0.25, 0.3) is 0 Å². The number of amides is 1. The van der Waals surface area contributed by atoms with E-state index in [1.807, 2.05) is 63.3 Å². The lowest BCUT2D eigenvalue weighted by Gasteiger charge is -2.26. The molecule has 0 aliphatic rings. The van der Waals surface area contributed by atoms with E-state index < -0.39 is 5.60 Å². The average molecular weight is 332 g/mol. The van der Waals surface area contributed by atoms with E-state index in [9.17, 15) is 9.90 Å². The highest BCUT2D eigenvalue weighted by atomic mass is 16.3. The van der Waals surface area contributed by atoms with Gasteiger partial charge >= 0.3 is 0 Å². The van der Waals surface area contributed by atoms with Gasteiger partial charge in [0, 0.05) is 12.6 Å². The van der Waals surface area contributed by atoms with E-state index in [0.717, 1.165) is 19.3 Å². The number of allylic oxidation sites excluding steroid dienone is 9. The van der Waals surface area contributed by atoms with Crippen molar-refractivity contribution < 1.29 is 9.90 Å². The molecular formula is C21H33NO2. The Kier molecular flexibility index (Phi) is 13.6. The monoisotopic (exact) mass is 331 g/mol. The molecule has 1 atom stereocenters. The Balaban J connectivity index is 3.95. The summed E-state index contributed by atoms with van der Waals surface area (Å²) in [6.07, 6.45) is 23.4. The number of unbranched alkanes of at least 4 members (excludes halogenated alkanes) is 1. The van der Waals surface area contributed by atoms with Crippen molar-refractivity contribution in [3.63, 3.8) is 0 Å². The molecule has 0 bridgehead atoms. The first-order chi connectivity index (χ1) is 11.6. The lowest BCUT2D eigenvalue weighted by molar-refractivity contribution is -0.117. The third kappa shape index (κ3) is 12.7. The molecule has 1 unspecified atom stereocenters. The Bertz CT molecular complexity index is 472. The second kappa shape index (κ2) is 14.7. The minimum absolute atomic E-state index is 0.170. The second-order valence-electron chi connectivity index (χ2n) is 5.75. The largest absolute Gasteiger partial charge is 0.388 e. The molecule has 0 aromatic carbocycles. The molecule has 0 saturated carbocycles. The fraction of sp³-hybridized carbons (Fsp3) is 0.476. The first kappa shape index (κ1) is 22.1. The topological polar surface area (TPSA) is 49.3 Å². The lowest BCUT2D eigenvalue weighted by Crippen LogP contribution is -2.41. The molecule has 0 heterocycles. The van der Waals surface area contributed by atoms with E-state index in [1.54, 1.807) is 6.08 Å². The summed E-state index contributed by atoms with van der Waals surface area (Å²) in [7, 11) is 0. The molecule has 3 heteroatoms. The maximum atomic E-state index is 11.7. The Morgan fingerprint density at radius 2 is 1.62 bits per heavy atom. The van der Waals surface area contributed by atoms with Gasteiger partial charge in [-0.05, 0) is 32.6 Å². The van der Waals surface area contributed by atoms with Gasteiger partial charge in [-0.1, -0.05) is 75.0 Å². The molecular weight excluding hydrogens is 298 g/mol. The van der Waals surface area contributed by atoms with Crippen LogP contribution in [0.2, 0.25) is 0 Å². The van der Waals surface area contributed by atoms with Gasteiger partial charge in [0.05, 0.1) is 5.60 Å². The number of nitrogens with one attached hydrogen (secondary N) is 1. The Labute approximate surface area is 147 Å². The number of hydrogen-bond acceptors (Lipinski definition) is 2. The summed E-state index contributed by atoms with van der Waals surface area (Å²) >= 11 is 0. The first-order valence-electron chi connectivity index (χ1n) is 8.86. The fourth-order valence-corrected chi connectivity index (χ4v) is 2.09. The highest BCUT2D eigenvalue weighted by molar-refractivity contribution is 5.87. The maximum Gasteiger partial charge on any atom is 0.244 e. The minimum Gasteiger partial charge on any atom is -0.388 e. The van der Waals surface area contributed by atoms with E-state index in [4.69, 9.17) is 0 Å². The van der Waals surface area contributed by atoms with Crippen molar-refractivity contribution >= 4 is 5.91 Å². The van der Waals surface area contributed by atoms with E-state index in [-0.39, 0.29) is 5.91 Å². The Morgan fingerprint density at radius 3 is 2.21 bits per heavy atom. The van der Waals surface area contributed by atoms with Gasteiger partial charge in [-0.15, -0.1) is 0 Å². The van der Waals surface area contributed by atoms with Gasteiger partial charge in [-0.3, -0.25) is 4.79 Å². The minimum atomic E-state index is -0.790. The molecule has 0 spiro atoms. The van der Waals surface area contributed by atoms with Crippen molar-refractivity contribution in [1.29, 1.82) is 0 Å². The van der Waals surface area contributed by atoms with E-state index in [2.05, 4.69) is 11.4 Å². The van der Waals surface area contributed by atoms with Crippen molar-refractivity contribution in [2.75, 3.05) is 6.54 Å². The molecule has 0 aromatic rings. The Morgan fingerprint density at radius 1 is 1.00 bits per heavy atom. The molecule has 24 heavy (non-hydrogen) atoms. The third-order valence-corrected chi connectivity index (χ3v) is 3.62. The normalized spacial score (nSPS) is 15.3. The molecule has 3 nitrogen and oxygen atoms in total. The summed E-state index contributed by atoms with van der Waals surface area (Å²) in [6.45, 7) is 6.25. The fourth-order valence-electron chi connectivity index (χ4n) is 2.09. The summed E-state index contributed by atoms with van der Waals surface area (Å²) in [6, 6.07) is 0. The smallest absolute Gasteiger partial charge is 0.244 e. The van der Waals surface area contributed by atoms with Crippen LogP contribution >= 0.6 is 0 Å². The molecule has 0 aliphatic carbocycles. The van der Waals surface area contributed by atoms with Gasteiger partial charge in [-0.2, -0.15) is 0 Å². The number of hydrogen-bond donors (Lipinski definition) is 2. The average Bonchev–Trinajstić information content (AvgIpc) is 2.58. The van der Waals surface area contributed by atoms with Crippen LogP contribution in [-0.2, 0) is 4.79 Å². The van der Waals surface area contributed by atoms with Crippen LogP contribution in [0.1, 0.15) is 52.9 Å². The van der Waals surface area contributed by atoms with E-state index in [0.29, 0.717) is 19.4 Å². The summed E-state index contributed by atoms with van der Waals surface area (Å²) in [5.41, 5.74) is -0.790. The number of carbonyl (C=O) groups excluding carboxylic acids is 1. The SMILES string of the molecule is CC=CC=CC=CCCC=CC=CC(=O)NCC(O)(CC)CCC. The summed E-state index contributed by atoms with van der Waals surface area (Å²) in [5, 5.41) is 13.0. The van der Waals surface area contributed by atoms with E-state index >= 15 is 0 Å². The van der Waals surface area contributed by atoms with Crippen LogP contribution in [0.5, 0.6) is 0 Å². The standard InChI is InChI=1S/C21H33NO2/c1-4-7-8-9-10-11-12-13-14-15-16-17-20(23)22-19-21(24,6-3)18-5-2/h4,7-11,14-17,24H,5-6,12-13,18-19H2,1-3H3,(H,22,23). The van der Waals surface area contributed by atoms with Crippen molar-refractivity contribution in [2.24, 2.45) is 0 Å². The molecule has 0 saturated heterocycles. The molecule has 0 aromatic heterocycles. The van der Waals surface area contributed by atoms with E-state index in [1.165, 1.54) is 6.08 Å². The van der Waals surface area contributed by atoms with Crippen molar-refractivity contribution in [1.82, 2.24) is 5.32 Å². The number of aliphatic hydroxyl groups is 1. The highest BCUT2D eigenvalue weighted by Gasteiger charge is 2.23. The third-order valence-electron chi connectivity index (χ3n) is 3.62. The van der Waals surface area contributed by atoms with Gasteiger partial charge in [0.15, 0.2) is 0 Å². The van der Waals surface area contributed by atoms with Crippen molar-refractivity contribution in [2.45, 2.75) is 58.5 Å². The second-order valence-corrected chi connectivity index (χ2v) is 5.75. The molecule has 134 valence electrons. The molecule has 1 amide bonds. The van der Waals surface area contributed by atoms with Crippen LogP contribution in [0.4, 0.5) is 0 Å². The van der Waals surface area contributed by atoms with Crippen LogP contribution < -0.4 is 5.32 Å². The van der Waals surface area contributed by atoms with Gasteiger partial charge in [0.2, 0.25) is 5.91 Å². The zero-order chi connectivity index (χ0) is 18.1. The number of carbonyl (C=O) groups is 1. The molecule has 0 fully saturated rings. The molecule has 0 rings (SSSR count). The van der Waals surface area contributed by atoms with Crippen LogP contribution in [0.3, 0.4) is 0 Å². The summed E-state index contributed by atoms with van der Waals surface area (Å²) < 4.78 is 0. The van der Waals surface area contributed by atoms with Gasteiger partial charge in [0.1, 0.15) is 0 Å². The predicted octanol–water partition coefficient (Wildman–Crippen LogP) is 4.62. The molecule has 0 aliphatic heterocycles. The quantitative estimate of drug-likeness (QED) is 0.311. The first-order valence-corrected chi connectivity index (χ1v) is 8.86. The Hall–Kier alpha value is -1.87. The van der Waals surface area contributed by atoms with Crippen LogP contribution in [0.15, 0.2) is 60.8 Å². The van der Waals surface area contributed by atoms with Crippen molar-refractivity contribution in [3.8, 4) is 0 Å². The lowest BCUT2D eigenvalue weighted by atomic mass is 9.95. The van der Waals surface area contributed by atoms with Crippen LogP contribution in [-0.4, -0.2) is 23.2 Å². The van der Waals surface area contributed by atoms with Crippen LogP contribution in [0, 0.1) is 0 Å². The number of rotatable bonds is 12. The van der Waals surface area contributed by atoms with Gasteiger partial charge < -0.3 is 10.4 Å². The summed E-state index contributed by atoms with van der Waals surface area (Å²) in [5.74, 6) is -0.170. The van der Waals surface area contributed by atoms with Gasteiger partial charge in [-0.25, -0.2) is 0 Å². The molecule has 0 radical (unpaired) electrons. The zero-order valence-electron chi connectivity index (χ0n) is 15.4. The zero-order valence-corrected chi connectivity index (χ0v) is 15.4. The maximum absolute atomic E-state index is 11.7. The van der Waals surface area contributed by atoms with Crippen LogP contribution in [0.25, 0.3) is 0 Å². The van der Waals surface area contributed by atoms with Crippen molar-refractivity contribution in [3.05, 3.63) is 60.8 Å². The summed E-state index contributed by atoms with van der Waals surface area (Å²) in [4.78, 5) is 11.7. The highest BCUT2D eigenvalue weighted by Crippen LogP contribution is 2.15.